The number of rotatable bonds is 6. The van der Waals surface area contributed by atoms with Gasteiger partial charge in [-0.3, -0.25) is 0 Å². The average molecular weight is 686 g/mol. The van der Waals surface area contributed by atoms with E-state index in [1.165, 1.54) is 31.8 Å². The molecule has 6 aromatic rings. The summed E-state index contributed by atoms with van der Waals surface area (Å²) >= 11 is 0. The van der Waals surface area contributed by atoms with Crippen LogP contribution >= 0.6 is 15.8 Å². The summed E-state index contributed by atoms with van der Waals surface area (Å²) in [6.07, 6.45) is 0. The Hall–Kier alpha value is -1.97. The molecular formula is C34H30Cl2FeNiP2+2. The molecule has 6 heteroatoms. The van der Waals surface area contributed by atoms with Crippen LogP contribution in [0.2, 0.25) is 0 Å². The Bertz CT molecular complexity index is 1220. The van der Waals surface area contributed by atoms with Gasteiger partial charge in [0.25, 0.3) is 0 Å². The summed E-state index contributed by atoms with van der Waals surface area (Å²) in [7, 11) is -1.67. The van der Waals surface area contributed by atoms with E-state index in [9.17, 15) is 0 Å². The van der Waals surface area contributed by atoms with Gasteiger partial charge < -0.3 is 24.8 Å². The monoisotopic (exact) mass is 684 g/mol. The van der Waals surface area contributed by atoms with E-state index < -0.39 is 15.8 Å². The number of halogens is 2. The van der Waals surface area contributed by atoms with Crippen molar-refractivity contribution in [1.82, 2.24) is 0 Å². The van der Waals surface area contributed by atoms with Gasteiger partial charge in [0.1, 0.15) is 0 Å². The van der Waals surface area contributed by atoms with E-state index in [4.69, 9.17) is 0 Å². The van der Waals surface area contributed by atoms with E-state index in [1.807, 2.05) is 0 Å². The molecule has 40 heavy (non-hydrogen) atoms. The van der Waals surface area contributed by atoms with Crippen LogP contribution in [0, 0.1) is 0 Å². The van der Waals surface area contributed by atoms with Crippen molar-refractivity contribution in [3.63, 3.8) is 0 Å². The third-order valence-electron chi connectivity index (χ3n) is 6.15. The van der Waals surface area contributed by atoms with E-state index in [0.29, 0.717) is 0 Å². The molecule has 0 saturated carbocycles. The summed E-state index contributed by atoms with van der Waals surface area (Å²) in [6, 6.07) is 60.8. The third-order valence-corrected chi connectivity index (χ3v) is 11.6. The molecule has 6 rings (SSSR count). The van der Waals surface area contributed by atoms with Crippen LogP contribution in [0.3, 0.4) is 0 Å². The summed E-state index contributed by atoms with van der Waals surface area (Å²) in [6.45, 7) is 0. The summed E-state index contributed by atoms with van der Waals surface area (Å²) in [5.41, 5.74) is 0. The Kier molecular flexibility index (Phi) is 17.3. The molecule has 0 heterocycles. The van der Waals surface area contributed by atoms with Gasteiger partial charge in [-0.2, -0.15) is 24.3 Å². The first-order valence-electron chi connectivity index (χ1n) is 12.3. The second-order valence-corrected chi connectivity index (χ2v) is 13.5. The summed E-state index contributed by atoms with van der Waals surface area (Å²) in [4.78, 5) is 0. The van der Waals surface area contributed by atoms with Crippen molar-refractivity contribution in [2.75, 3.05) is 0 Å². The molecule has 0 fully saturated rings. The van der Waals surface area contributed by atoms with Crippen LogP contribution in [0.25, 0.3) is 0 Å². The predicted octanol–water partition coefficient (Wildman–Crippen LogP) is -0.205. The van der Waals surface area contributed by atoms with Crippen molar-refractivity contribution < 1.29 is 58.4 Å². The van der Waals surface area contributed by atoms with E-state index in [-0.39, 0.29) is 58.4 Å². The minimum absolute atomic E-state index is 0. The van der Waals surface area contributed by atoms with Gasteiger partial charge in [-0.1, -0.05) is 72.8 Å². The maximum Gasteiger partial charge on any atom is 2.00 e. The molecule has 0 radical (unpaired) electrons. The topological polar surface area (TPSA) is 0 Å². The SMILES string of the molecule is [Cl-].[Cl-].[Fe+2].[Ni+2].c1ccc([PH+](c2ccccc2)c2ccc[cH-]2)cc1.c1ccc([PH+](c2ccccc2)c2ccc[cH-]2)cc1. The molecule has 0 saturated heterocycles. The van der Waals surface area contributed by atoms with Gasteiger partial charge in [0.15, 0.2) is 0 Å². The average Bonchev–Trinajstić information content (AvgIpc) is 3.68. The van der Waals surface area contributed by atoms with Crippen molar-refractivity contribution in [3.05, 3.63) is 170 Å². The largest absolute Gasteiger partial charge is 2.00 e. The van der Waals surface area contributed by atoms with Crippen molar-refractivity contribution >= 4 is 47.7 Å². The number of benzene rings is 4. The van der Waals surface area contributed by atoms with Crippen molar-refractivity contribution in [1.29, 1.82) is 0 Å². The Labute approximate surface area is 274 Å². The molecule has 0 N–H and O–H groups in total. The minimum atomic E-state index is -0.834. The molecule has 0 aliphatic carbocycles. The Balaban J connectivity index is 0.000000364. The second kappa shape index (κ2) is 19.2. The van der Waals surface area contributed by atoms with E-state index in [1.54, 1.807) is 0 Å². The van der Waals surface area contributed by atoms with Crippen LogP contribution in [0.4, 0.5) is 0 Å². The number of hydrogen-bond donors (Lipinski definition) is 0. The maximum atomic E-state index is 2.24. The Morgan fingerprint density at radius 1 is 0.350 bits per heavy atom. The molecule has 0 aliphatic heterocycles. The van der Waals surface area contributed by atoms with Gasteiger partial charge in [0, 0.05) is 0 Å². The first-order valence-corrected chi connectivity index (χ1v) is 15.3. The third kappa shape index (κ3) is 9.55. The predicted molar refractivity (Wildman–Crippen MR) is 164 cm³/mol. The Morgan fingerprint density at radius 2 is 0.600 bits per heavy atom. The van der Waals surface area contributed by atoms with Gasteiger partial charge in [0.05, 0.1) is 37.1 Å². The van der Waals surface area contributed by atoms with Crippen LogP contribution in [-0.2, 0) is 33.6 Å². The fourth-order valence-corrected chi connectivity index (χ4v) is 9.66. The minimum Gasteiger partial charge on any atom is -1.00 e. The van der Waals surface area contributed by atoms with Crippen LogP contribution in [-0.4, -0.2) is 0 Å². The van der Waals surface area contributed by atoms with Gasteiger partial charge in [-0.15, -0.1) is 12.1 Å². The zero-order valence-corrected chi connectivity index (χ0v) is 27.2. The van der Waals surface area contributed by atoms with Crippen molar-refractivity contribution in [2.45, 2.75) is 0 Å². The smallest absolute Gasteiger partial charge is 1.00 e. The van der Waals surface area contributed by atoms with Crippen molar-refractivity contribution in [3.8, 4) is 0 Å². The quantitative estimate of drug-likeness (QED) is 0.130. The molecule has 6 aromatic carbocycles. The standard InChI is InChI=1S/2C17H14P.2ClH.Fe.Ni/c2*1-3-9-15(10-4-1)18(17-13-7-8-14-17)16-11-5-2-6-12-16;;;;/h2*1-14H;2*1H;;/q2*-1;;;2*+2. The molecule has 0 unspecified atom stereocenters. The van der Waals surface area contributed by atoms with E-state index in [0.717, 1.165) is 0 Å². The summed E-state index contributed by atoms with van der Waals surface area (Å²) in [5, 5.41) is 8.69. The van der Waals surface area contributed by atoms with Crippen LogP contribution < -0.4 is 56.6 Å². The molecule has 0 atom stereocenters. The van der Waals surface area contributed by atoms with Crippen LogP contribution in [0.5, 0.6) is 0 Å². The first-order chi connectivity index (χ1) is 17.9. The van der Waals surface area contributed by atoms with Crippen molar-refractivity contribution in [2.24, 2.45) is 0 Å². The zero-order valence-electron chi connectivity index (χ0n) is 21.6. The number of hydrogen-bond acceptors (Lipinski definition) is 0. The molecule has 0 spiro atoms. The molecule has 0 bridgehead atoms. The fraction of sp³-hybridized carbons (Fsp3) is 0. The van der Waals surface area contributed by atoms with E-state index in [2.05, 4.69) is 170 Å². The van der Waals surface area contributed by atoms with Crippen LogP contribution in [0.1, 0.15) is 0 Å². The molecule has 206 valence electrons. The molecular weight excluding hydrogens is 656 g/mol. The van der Waals surface area contributed by atoms with Gasteiger partial charge in [0.2, 0.25) is 0 Å². The maximum absolute atomic E-state index is 2.24. The zero-order chi connectivity index (χ0) is 24.4. The molecule has 0 nitrogen and oxygen atoms in total. The fourth-order valence-electron chi connectivity index (χ4n) is 4.50. The van der Waals surface area contributed by atoms with Gasteiger partial charge >= 0.3 is 33.6 Å². The summed E-state index contributed by atoms with van der Waals surface area (Å²) < 4.78 is 0. The normalized spacial score (nSPS) is 9.65. The van der Waals surface area contributed by atoms with Gasteiger partial charge in [-0.05, 0) is 59.1 Å². The molecule has 0 amide bonds. The second-order valence-electron chi connectivity index (χ2n) is 8.56. The Morgan fingerprint density at radius 3 is 0.800 bits per heavy atom. The molecule has 0 aromatic heterocycles. The van der Waals surface area contributed by atoms with Crippen LogP contribution in [0.15, 0.2) is 170 Å². The van der Waals surface area contributed by atoms with Gasteiger partial charge in [-0.25, -0.2) is 12.1 Å². The summed E-state index contributed by atoms with van der Waals surface area (Å²) in [5.74, 6) is 0. The van der Waals surface area contributed by atoms with E-state index >= 15 is 0 Å². The molecule has 0 aliphatic rings. The first kappa shape index (κ1) is 36.1.